The zero-order valence-corrected chi connectivity index (χ0v) is 19.9. The smallest absolute Gasteiger partial charge is 0.203 e. The van der Waals surface area contributed by atoms with Crippen LogP contribution < -0.4 is 24.8 Å². The van der Waals surface area contributed by atoms with Crippen LogP contribution in [0.5, 0.6) is 17.2 Å². The van der Waals surface area contributed by atoms with E-state index in [0.29, 0.717) is 36.3 Å². The summed E-state index contributed by atoms with van der Waals surface area (Å²) in [6.07, 6.45) is 2.33. The number of rotatable bonds is 11. The van der Waals surface area contributed by atoms with Crippen LogP contribution in [0.2, 0.25) is 0 Å². The van der Waals surface area contributed by atoms with Crippen LogP contribution in [-0.4, -0.2) is 39.9 Å². The molecule has 0 fully saturated rings. The standard InChI is InChI=1S/C20H35N3O3.HI/c1-7-15(8-2)13-22-20(21-9-3)23-14-16-11-17(24-5)19(26-10-4)18(12-16)25-6;/h11-12,15H,7-10,13-14H2,1-6H3,(H2,21,22,23);1H. The van der Waals surface area contributed by atoms with Crippen LogP contribution in [0, 0.1) is 5.92 Å². The van der Waals surface area contributed by atoms with Gasteiger partial charge in [0.15, 0.2) is 17.5 Å². The van der Waals surface area contributed by atoms with Gasteiger partial charge in [-0.3, -0.25) is 0 Å². The summed E-state index contributed by atoms with van der Waals surface area (Å²) in [4.78, 5) is 4.69. The molecule has 0 aliphatic heterocycles. The molecule has 0 heterocycles. The summed E-state index contributed by atoms with van der Waals surface area (Å²) in [5.41, 5.74) is 1.00. The molecule has 0 radical (unpaired) electrons. The van der Waals surface area contributed by atoms with Gasteiger partial charge in [-0.1, -0.05) is 26.7 Å². The molecule has 1 rings (SSSR count). The molecule has 0 unspecified atom stereocenters. The van der Waals surface area contributed by atoms with E-state index in [1.165, 1.54) is 0 Å². The van der Waals surface area contributed by atoms with E-state index < -0.39 is 0 Å². The number of guanidine groups is 1. The van der Waals surface area contributed by atoms with E-state index >= 15 is 0 Å². The molecule has 1 aromatic carbocycles. The number of hydrogen-bond acceptors (Lipinski definition) is 4. The lowest BCUT2D eigenvalue weighted by atomic mass is 10.0. The fourth-order valence-corrected chi connectivity index (χ4v) is 2.64. The molecule has 156 valence electrons. The van der Waals surface area contributed by atoms with Crippen molar-refractivity contribution in [3.63, 3.8) is 0 Å². The molecule has 0 aromatic heterocycles. The average molecular weight is 493 g/mol. The Morgan fingerprint density at radius 2 is 1.59 bits per heavy atom. The minimum Gasteiger partial charge on any atom is -0.493 e. The monoisotopic (exact) mass is 493 g/mol. The minimum absolute atomic E-state index is 0. The average Bonchev–Trinajstić information content (AvgIpc) is 2.67. The number of ether oxygens (including phenoxy) is 3. The van der Waals surface area contributed by atoms with Gasteiger partial charge >= 0.3 is 0 Å². The number of hydrogen-bond donors (Lipinski definition) is 2. The molecular formula is C20H36IN3O3. The van der Waals surface area contributed by atoms with E-state index in [1.807, 2.05) is 19.1 Å². The summed E-state index contributed by atoms with van der Waals surface area (Å²) < 4.78 is 16.6. The lowest BCUT2D eigenvalue weighted by molar-refractivity contribution is 0.288. The molecule has 27 heavy (non-hydrogen) atoms. The summed E-state index contributed by atoms with van der Waals surface area (Å²) in [6, 6.07) is 3.89. The summed E-state index contributed by atoms with van der Waals surface area (Å²) in [6.45, 7) is 11.3. The largest absolute Gasteiger partial charge is 0.493 e. The van der Waals surface area contributed by atoms with Crippen molar-refractivity contribution in [1.29, 1.82) is 0 Å². The first-order chi connectivity index (χ1) is 12.6. The Kier molecular flexibility index (Phi) is 13.9. The number of aliphatic imine (C=N–C) groups is 1. The van der Waals surface area contributed by atoms with Gasteiger partial charge in [-0.15, -0.1) is 24.0 Å². The molecule has 0 saturated heterocycles. The second-order valence-corrected chi connectivity index (χ2v) is 6.02. The summed E-state index contributed by atoms with van der Waals surface area (Å²) in [5, 5.41) is 6.73. The van der Waals surface area contributed by atoms with Crippen molar-refractivity contribution in [3.05, 3.63) is 17.7 Å². The molecule has 2 N–H and O–H groups in total. The third kappa shape index (κ3) is 8.45. The first-order valence-corrected chi connectivity index (χ1v) is 9.53. The summed E-state index contributed by atoms with van der Waals surface area (Å²) in [7, 11) is 3.26. The molecule has 0 bridgehead atoms. The molecule has 0 spiro atoms. The van der Waals surface area contributed by atoms with Crippen molar-refractivity contribution in [1.82, 2.24) is 10.6 Å². The van der Waals surface area contributed by atoms with Crippen molar-refractivity contribution < 1.29 is 14.2 Å². The molecule has 6 nitrogen and oxygen atoms in total. The predicted octanol–water partition coefficient (Wildman–Crippen LogP) is 4.21. The Bertz CT molecular complexity index is 538. The van der Waals surface area contributed by atoms with Gasteiger partial charge in [0.25, 0.3) is 0 Å². The Morgan fingerprint density at radius 1 is 1.00 bits per heavy atom. The molecule has 7 heteroatoms. The number of nitrogens with zero attached hydrogens (tertiary/aromatic N) is 1. The van der Waals surface area contributed by atoms with Crippen LogP contribution in [-0.2, 0) is 6.54 Å². The van der Waals surface area contributed by atoms with E-state index in [-0.39, 0.29) is 24.0 Å². The maximum absolute atomic E-state index is 5.65. The topological polar surface area (TPSA) is 64.1 Å². The Labute approximate surface area is 181 Å². The van der Waals surface area contributed by atoms with Crippen LogP contribution in [0.1, 0.15) is 46.1 Å². The number of nitrogens with one attached hydrogen (secondary N) is 2. The second kappa shape index (κ2) is 14.6. The van der Waals surface area contributed by atoms with E-state index in [1.54, 1.807) is 14.2 Å². The predicted molar refractivity (Wildman–Crippen MR) is 123 cm³/mol. The SMILES string of the molecule is CCNC(=NCc1cc(OC)c(OCC)c(OC)c1)NCC(CC)CC.I. The highest BCUT2D eigenvalue weighted by Crippen LogP contribution is 2.38. The van der Waals surface area contributed by atoms with Crippen LogP contribution >= 0.6 is 24.0 Å². The first-order valence-electron chi connectivity index (χ1n) is 9.53. The maximum atomic E-state index is 5.65. The third-order valence-corrected chi connectivity index (χ3v) is 4.29. The van der Waals surface area contributed by atoms with Crippen molar-refractivity contribution >= 4 is 29.9 Å². The molecule has 0 amide bonds. The Morgan fingerprint density at radius 3 is 2.04 bits per heavy atom. The van der Waals surface area contributed by atoms with Gasteiger partial charge in [-0.2, -0.15) is 0 Å². The van der Waals surface area contributed by atoms with Gasteiger partial charge in [0.05, 0.1) is 27.4 Å². The minimum atomic E-state index is 0. The fourth-order valence-electron chi connectivity index (χ4n) is 2.64. The van der Waals surface area contributed by atoms with Gasteiger partial charge in [0.2, 0.25) is 5.75 Å². The number of halogens is 1. The fraction of sp³-hybridized carbons (Fsp3) is 0.650. The number of methoxy groups -OCH3 is 2. The third-order valence-electron chi connectivity index (χ3n) is 4.29. The molecule has 0 atom stereocenters. The highest BCUT2D eigenvalue weighted by Gasteiger charge is 2.14. The van der Waals surface area contributed by atoms with Crippen LogP contribution in [0.3, 0.4) is 0 Å². The van der Waals surface area contributed by atoms with Gasteiger partial charge in [-0.25, -0.2) is 4.99 Å². The summed E-state index contributed by atoms with van der Waals surface area (Å²) in [5.74, 6) is 3.43. The van der Waals surface area contributed by atoms with Gasteiger partial charge in [0.1, 0.15) is 0 Å². The lowest BCUT2D eigenvalue weighted by Gasteiger charge is -2.17. The van der Waals surface area contributed by atoms with Crippen molar-refractivity contribution in [2.24, 2.45) is 10.9 Å². The summed E-state index contributed by atoms with van der Waals surface area (Å²) >= 11 is 0. The molecule has 0 aliphatic rings. The van der Waals surface area contributed by atoms with E-state index in [4.69, 9.17) is 19.2 Å². The Balaban J connectivity index is 0.00000676. The molecule has 0 aliphatic carbocycles. The zero-order chi connectivity index (χ0) is 19.4. The van der Waals surface area contributed by atoms with Crippen molar-refractivity contribution in [2.75, 3.05) is 33.9 Å². The quantitative estimate of drug-likeness (QED) is 0.275. The zero-order valence-electron chi connectivity index (χ0n) is 17.6. The lowest BCUT2D eigenvalue weighted by Crippen LogP contribution is -2.39. The van der Waals surface area contributed by atoms with E-state index in [0.717, 1.165) is 37.5 Å². The van der Waals surface area contributed by atoms with Crippen LogP contribution in [0.15, 0.2) is 17.1 Å². The van der Waals surface area contributed by atoms with E-state index in [9.17, 15) is 0 Å². The highest BCUT2D eigenvalue weighted by atomic mass is 127. The number of benzene rings is 1. The van der Waals surface area contributed by atoms with Crippen molar-refractivity contribution in [2.45, 2.75) is 47.1 Å². The second-order valence-electron chi connectivity index (χ2n) is 6.02. The maximum Gasteiger partial charge on any atom is 0.203 e. The molecular weight excluding hydrogens is 457 g/mol. The van der Waals surface area contributed by atoms with Gasteiger partial charge in [0, 0.05) is 13.1 Å². The van der Waals surface area contributed by atoms with Gasteiger partial charge in [-0.05, 0) is 37.5 Å². The first kappa shape index (κ1) is 25.6. The van der Waals surface area contributed by atoms with Crippen molar-refractivity contribution in [3.8, 4) is 17.2 Å². The van der Waals surface area contributed by atoms with Crippen LogP contribution in [0.25, 0.3) is 0 Å². The Hall–Kier alpha value is -1.38. The molecule has 1 aromatic rings. The van der Waals surface area contributed by atoms with Crippen LogP contribution in [0.4, 0.5) is 0 Å². The molecule has 0 saturated carbocycles. The van der Waals surface area contributed by atoms with Gasteiger partial charge < -0.3 is 24.8 Å². The highest BCUT2D eigenvalue weighted by molar-refractivity contribution is 14.0. The normalized spacial score (nSPS) is 11.0. The van der Waals surface area contributed by atoms with E-state index in [2.05, 4.69) is 31.4 Å².